The Labute approximate surface area is 1030 Å². The molecule has 14 heterocycles. The molecule has 21 aromatic rings. The van der Waals surface area contributed by atoms with Crippen molar-refractivity contribution in [2.24, 2.45) is 0 Å². The number of hydrogen-bond acceptors (Lipinski definition) is 11. The molecule has 0 spiro atoms. The molecule has 7 radical (unpaired) electrons. The number of H-pyrrole nitrogens is 3. The Morgan fingerprint density at radius 3 is 0.979 bits per heavy atom. The summed E-state index contributed by atoms with van der Waals surface area (Å²) in [6, 6.07) is 101. The molecule has 12 nitrogen and oxygen atoms in total. The first-order valence-electron chi connectivity index (χ1n) is 46.9. The second kappa shape index (κ2) is 96.4. The van der Waals surface area contributed by atoms with Gasteiger partial charge in [-0.1, -0.05) is 308 Å². The summed E-state index contributed by atoms with van der Waals surface area (Å²) in [6.07, 6.45) is 29.0. The van der Waals surface area contributed by atoms with Crippen LogP contribution in [-0.2, 0) is 229 Å². The summed E-state index contributed by atoms with van der Waals surface area (Å²) in [6.45, 7) is 56.0. The zero-order chi connectivity index (χ0) is 98.6. The molecule has 14 aromatic heterocycles. The molecule has 21 rings (SSSR count). The van der Waals surface area contributed by atoms with Gasteiger partial charge in [-0.2, -0.15) is 130 Å². The van der Waals surface area contributed by atoms with E-state index in [4.69, 9.17) is 8.83 Å². The van der Waals surface area contributed by atoms with Crippen molar-refractivity contribution in [3.63, 3.8) is 0 Å². The Bertz CT molecular complexity index is 5180. The second-order valence-electron chi connectivity index (χ2n) is 22.8. The molecule has 0 bridgehead atoms. The van der Waals surface area contributed by atoms with E-state index in [2.05, 4.69) is 147 Å². The van der Waals surface area contributed by atoms with E-state index in [1.807, 2.05) is 430 Å². The Balaban J connectivity index is -0.000000280. The van der Waals surface area contributed by atoms with Gasteiger partial charge in [0.25, 0.3) is 0 Å². The van der Waals surface area contributed by atoms with E-state index >= 15 is 0 Å². The molecule has 7 aromatic carbocycles. The maximum atomic E-state index is 5.30. The van der Waals surface area contributed by atoms with Crippen LogP contribution in [0, 0.1) is 84.6 Å². The van der Waals surface area contributed by atoms with Crippen molar-refractivity contribution in [3.05, 3.63) is 382 Å². The van der Waals surface area contributed by atoms with Gasteiger partial charge in [0, 0.05) is 272 Å². The minimum atomic E-state index is 0. The standard InChI is InChI=1S/3C13H8N2.2C13H7NO.2C13H7NS.14C2H6.7Y/c1-4-10-5-2-9-15-13(10)11(6-1)12-7-3-8-14-12;1-3-10-4-2-7-15-13(10)12(5-1)11-6-8-14-9-11;1-3-10-6-8-14-9-12(10)11(4-1)13-5-2-7-15-13;1-4-10-5-2-8-14-13(10)11(6-1)12-7-3-9-15-12;1-3-10-4-2-7-14-13(10)12(5-1)11-6-8-15-9-11;1-4-10-5-2-8-14-13(10)11(6-1)12-7-3-9-15-12;1-3-10-4-2-7-14-13(10)12(5-1)11-6-8-15-9-11;14*1-2;;;;;;;/h1-5,8-9,14H;1-4,6-8,14H;1-3,6-9,15H;1-5,8-9H;1-4,6-8H;1-5,8-9H;1-4,6-8H;14*1-2H3;;;;;;;/q7*-2;;;;;;;;;;;;;;;;;;;;;. The average molecular weight is 2420 g/mol. The summed E-state index contributed by atoms with van der Waals surface area (Å²) in [5.41, 5.74) is 17.4. The van der Waals surface area contributed by atoms with Crippen LogP contribution >= 0.6 is 22.7 Å². The van der Waals surface area contributed by atoms with Crippen molar-refractivity contribution < 1.29 is 238 Å². The van der Waals surface area contributed by atoms with Crippen LogP contribution in [0.2, 0.25) is 0 Å². The largest absolute Gasteiger partial charge is 0.590 e. The minimum absolute atomic E-state index is 0. The molecule has 0 unspecified atom stereocenters. The van der Waals surface area contributed by atoms with Gasteiger partial charge in [-0.25, -0.2) is 88.0 Å². The Hall–Kier alpha value is -6.06. The third-order valence-corrected chi connectivity index (χ3v) is 17.7. The molecule has 0 fully saturated rings. The molecule has 0 saturated heterocycles. The van der Waals surface area contributed by atoms with E-state index in [-0.39, 0.29) is 229 Å². The van der Waals surface area contributed by atoms with E-state index in [0.29, 0.717) is 5.76 Å². The van der Waals surface area contributed by atoms with Crippen LogP contribution in [-0.4, -0.2) is 49.8 Å². The van der Waals surface area contributed by atoms with E-state index in [1.165, 1.54) is 5.39 Å². The minimum Gasteiger partial charge on any atom is -0.590 e. The van der Waals surface area contributed by atoms with Gasteiger partial charge in [0.2, 0.25) is 0 Å². The maximum Gasteiger partial charge on any atom is 0.0247 e. The van der Waals surface area contributed by atoms with Crippen LogP contribution in [0.25, 0.3) is 154 Å². The van der Waals surface area contributed by atoms with Gasteiger partial charge in [-0.15, -0.1) is 100 Å². The van der Waals surface area contributed by atoms with E-state index < -0.39 is 0 Å². The average Bonchev–Trinajstić information content (AvgIpc) is 1.80. The third kappa shape index (κ3) is 47.6. The molecule has 0 aliphatic rings. The predicted octanol–water partition coefficient (Wildman–Crippen LogP) is 36.2. The summed E-state index contributed by atoms with van der Waals surface area (Å²) in [5, 5.41) is 16.2. The molecule has 0 aliphatic carbocycles. The van der Waals surface area contributed by atoms with Crippen LogP contribution in [0.3, 0.4) is 0 Å². The summed E-state index contributed by atoms with van der Waals surface area (Å²) in [7, 11) is 0. The van der Waals surface area contributed by atoms with Gasteiger partial charge >= 0.3 is 0 Å². The zero-order valence-electron chi connectivity index (χ0n) is 87.6. The number of benzene rings is 7. The first-order valence-corrected chi connectivity index (χ1v) is 48.7. The maximum absolute atomic E-state index is 5.30. The van der Waals surface area contributed by atoms with E-state index in [0.717, 1.165) is 143 Å². The summed E-state index contributed by atoms with van der Waals surface area (Å²) in [4.78, 5) is 40.6. The summed E-state index contributed by atoms with van der Waals surface area (Å²) >= 11 is 3.23. The van der Waals surface area contributed by atoms with Gasteiger partial charge < -0.3 is 53.7 Å². The fraction of sp³-hybridized carbons (Fsp3) is 0.235. The van der Waals surface area contributed by atoms with Crippen LogP contribution < -0.4 is 0 Å². The summed E-state index contributed by atoms with van der Waals surface area (Å²) in [5.74, 6) is 0.680. The number of aromatic amines is 3. The molecule has 0 saturated carbocycles. The monoisotopic (exact) mass is 2420 g/mol. The van der Waals surface area contributed by atoms with Crippen molar-refractivity contribution in [1.82, 2.24) is 49.8 Å². The van der Waals surface area contributed by atoms with Gasteiger partial charge in [0.15, 0.2) is 0 Å². The molecule has 140 heavy (non-hydrogen) atoms. The van der Waals surface area contributed by atoms with Gasteiger partial charge in [-0.05, 0) is 61.4 Å². The number of nitrogens with one attached hydrogen (secondary N) is 3. The Kier molecular flexibility index (Phi) is 101. The van der Waals surface area contributed by atoms with Crippen LogP contribution in [0.4, 0.5) is 0 Å². The second-order valence-corrected chi connectivity index (χ2v) is 24.4. The number of aromatic nitrogens is 10. The molecule has 721 valence electrons. The molecule has 21 heteroatoms. The number of pyridine rings is 7. The van der Waals surface area contributed by atoms with Crippen molar-refractivity contribution in [3.8, 4) is 77.7 Å². The van der Waals surface area contributed by atoms with Crippen LogP contribution in [0.5, 0.6) is 0 Å². The van der Waals surface area contributed by atoms with Gasteiger partial charge in [0.05, 0.1) is 0 Å². The zero-order valence-corrected chi connectivity index (χ0v) is 109. The van der Waals surface area contributed by atoms with E-state index in [9.17, 15) is 0 Å². The van der Waals surface area contributed by atoms with Crippen molar-refractivity contribution in [2.75, 3.05) is 0 Å². The quantitative estimate of drug-likeness (QED) is 0.132. The number of nitrogens with zero attached hydrogens (tertiary/aromatic N) is 7. The number of rotatable bonds is 7. The number of furan rings is 2. The van der Waals surface area contributed by atoms with Crippen molar-refractivity contribution >= 4 is 98.9 Å². The first kappa shape index (κ1) is 147. The van der Waals surface area contributed by atoms with E-state index in [1.54, 1.807) is 72.3 Å². The molecular formula is C119H136N10O2S2Y7-14. The van der Waals surface area contributed by atoms with Gasteiger partial charge in [-0.3, -0.25) is 27.7 Å². The normalized spacial score (nSPS) is 8.60. The fourth-order valence-electron chi connectivity index (χ4n) is 11.5. The molecule has 3 N–H and O–H groups in total. The Morgan fingerprint density at radius 1 is 0.271 bits per heavy atom. The van der Waals surface area contributed by atoms with Crippen LogP contribution in [0.1, 0.15) is 194 Å². The first-order chi connectivity index (χ1) is 66.1. The molecule has 0 aliphatic heterocycles. The number of hydrogen-bond donors (Lipinski definition) is 3. The van der Waals surface area contributed by atoms with Gasteiger partial charge in [0.1, 0.15) is 0 Å². The number of fused-ring (bicyclic) bond motifs is 7. The Morgan fingerprint density at radius 2 is 0.629 bits per heavy atom. The number of thiophene rings is 2. The summed E-state index contributed by atoms with van der Waals surface area (Å²) < 4.78 is 10.2. The smallest absolute Gasteiger partial charge is 0.0247 e. The third-order valence-electron chi connectivity index (χ3n) is 16.3. The SMILES string of the molecule is CC.CC.CC.CC.CC.CC.CC.CC.CC.CC.CC.CC.CC.CC.[Y].[Y].[Y].[Y].[Y].[Y].[Y].[c-]1[nH]ccc1-c1[c-]ccc2cccnc12.[c-]1cc[nH]c1-c1[c-]ccc2cccnc12.[c-]1cc[nH]c1-c1[c-]ccc2ccncc12.[c-]1ccoc1-c1[c-]ccc2cccnc12.[c-]1ccsc1-c1[c-]ccc2cccnc12.[c-]1occc1-c1[c-]ccc2cccnc12.[c-]1sccc1-c1[c-]ccc2cccnc12. The topological polar surface area (TPSA) is 164 Å². The molecule has 0 atom stereocenters. The van der Waals surface area contributed by atoms with Crippen molar-refractivity contribution in [1.29, 1.82) is 0 Å². The molecule has 0 amide bonds. The fourth-order valence-corrected chi connectivity index (χ4v) is 12.7. The van der Waals surface area contributed by atoms with Crippen molar-refractivity contribution in [2.45, 2.75) is 194 Å². The molecular weight excluding hydrogens is 2290 g/mol. The predicted molar refractivity (Wildman–Crippen MR) is 576 cm³/mol. The van der Waals surface area contributed by atoms with Crippen LogP contribution in [0.15, 0.2) is 307 Å².